The highest BCUT2D eigenvalue weighted by Crippen LogP contribution is 2.36. The summed E-state index contributed by atoms with van der Waals surface area (Å²) in [6.45, 7) is 0. The van der Waals surface area contributed by atoms with Crippen LogP contribution in [0.1, 0.15) is 21.4 Å². The number of carbonyl (C=O) groups excluding carboxylic acids is 1. The molecule has 0 amide bonds. The van der Waals surface area contributed by atoms with Gasteiger partial charge in [-0.2, -0.15) is 10.5 Å². The number of methoxy groups -OCH3 is 1. The third-order valence-corrected chi connectivity index (χ3v) is 7.84. The molecule has 0 aliphatic carbocycles. The van der Waals surface area contributed by atoms with E-state index in [1.807, 2.05) is 60.0 Å². The lowest BCUT2D eigenvalue weighted by atomic mass is 10.0. The minimum Gasteiger partial charge on any atom is -0.495 e. The van der Waals surface area contributed by atoms with Crippen LogP contribution in [0, 0.1) is 22.7 Å². The highest BCUT2D eigenvalue weighted by atomic mass is 32.1. The van der Waals surface area contributed by atoms with Gasteiger partial charge in [0.1, 0.15) is 10.8 Å². The maximum absolute atomic E-state index is 13.5. The molecule has 0 radical (unpaired) electrons. The van der Waals surface area contributed by atoms with Gasteiger partial charge in [0, 0.05) is 27.8 Å². The molecule has 1 atom stereocenters. The third-order valence-electron chi connectivity index (χ3n) is 5.96. The number of nitrogens with zero attached hydrogens (tertiary/aromatic N) is 4. The summed E-state index contributed by atoms with van der Waals surface area (Å²) in [4.78, 5) is 23.6. The maximum Gasteiger partial charge on any atom is 0.188 e. The number of rotatable bonds is 9. The zero-order valence-electron chi connectivity index (χ0n) is 20.8. The molecule has 5 rings (SSSR count). The fourth-order valence-electron chi connectivity index (χ4n) is 4.00. The average Bonchev–Trinajstić information content (AvgIpc) is 3.62. The summed E-state index contributed by atoms with van der Waals surface area (Å²) in [6.07, 6.45) is 0.0412. The molecule has 0 saturated heterocycles. The summed E-state index contributed by atoms with van der Waals surface area (Å²) in [5.74, 6) is -0.570. The SMILES string of the molecule is COc1ccccc1Nc1nc(-c2ccccc2)c(CC(=O)C(C#N)c2nc(-c3ccc(C#N)cc3)cs2)s1. The predicted octanol–water partition coefficient (Wildman–Crippen LogP) is 6.98. The van der Waals surface area contributed by atoms with Crippen LogP contribution in [0.5, 0.6) is 5.75 Å². The van der Waals surface area contributed by atoms with Crippen molar-refractivity contribution >= 4 is 39.3 Å². The number of ether oxygens (including phenoxy) is 1. The molecule has 1 N–H and O–H groups in total. The van der Waals surface area contributed by atoms with Gasteiger partial charge in [0.15, 0.2) is 16.8 Å². The molecule has 0 bridgehead atoms. The first-order chi connectivity index (χ1) is 19.1. The molecule has 39 heavy (non-hydrogen) atoms. The number of anilines is 2. The first kappa shape index (κ1) is 25.8. The standard InChI is InChI=1S/C30H21N5O2S2/c1-37-26-10-6-5-9-23(26)34-30-35-28(21-7-3-2-4-8-21)27(39-30)15-25(36)22(17-32)29-33-24(18-38-29)20-13-11-19(16-31)12-14-20/h2-14,18,22H,15H2,1H3,(H,34,35). The number of nitriles is 2. The minimum absolute atomic E-state index is 0.0412. The van der Waals surface area contributed by atoms with Gasteiger partial charge in [-0.05, 0) is 24.3 Å². The van der Waals surface area contributed by atoms with Crippen molar-refractivity contribution < 1.29 is 9.53 Å². The van der Waals surface area contributed by atoms with Crippen LogP contribution in [0.15, 0.2) is 84.2 Å². The lowest BCUT2D eigenvalue weighted by Crippen LogP contribution is -2.13. The molecule has 0 aliphatic rings. The fraction of sp³-hybridized carbons (Fsp3) is 0.100. The van der Waals surface area contributed by atoms with Crippen LogP contribution in [-0.2, 0) is 11.2 Å². The molecule has 9 heteroatoms. The summed E-state index contributed by atoms with van der Waals surface area (Å²) in [5, 5.41) is 25.2. The Labute approximate surface area is 233 Å². The van der Waals surface area contributed by atoms with Crippen LogP contribution in [0.3, 0.4) is 0 Å². The van der Waals surface area contributed by atoms with Crippen LogP contribution in [-0.4, -0.2) is 22.9 Å². The van der Waals surface area contributed by atoms with Gasteiger partial charge in [0.25, 0.3) is 0 Å². The van der Waals surface area contributed by atoms with Crippen molar-refractivity contribution in [3.8, 4) is 40.4 Å². The molecule has 2 aromatic heterocycles. The molecular formula is C30H21N5O2S2. The lowest BCUT2D eigenvalue weighted by Gasteiger charge is -2.08. The smallest absolute Gasteiger partial charge is 0.188 e. The molecule has 1 unspecified atom stereocenters. The zero-order chi connectivity index (χ0) is 27.2. The number of nitrogens with one attached hydrogen (secondary N) is 1. The van der Waals surface area contributed by atoms with Gasteiger partial charge in [0.05, 0.1) is 41.9 Å². The van der Waals surface area contributed by atoms with Gasteiger partial charge in [-0.1, -0.05) is 54.6 Å². The number of benzene rings is 3. The van der Waals surface area contributed by atoms with Crippen LogP contribution < -0.4 is 10.1 Å². The topological polar surface area (TPSA) is 112 Å². The third kappa shape index (κ3) is 5.70. The second-order valence-corrected chi connectivity index (χ2v) is 10.4. The Kier molecular flexibility index (Phi) is 7.74. The van der Waals surface area contributed by atoms with E-state index in [0.717, 1.165) is 21.7 Å². The highest BCUT2D eigenvalue weighted by molar-refractivity contribution is 7.16. The Morgan fingerprint density at radius 3 is 2.44 bits per heavy atom. The van der Waals surface area contributed by atoms with E-state index in [2.05, 4.69) is 22.4 Å². The minimum atomic E-state index is -1.00. The second kappa shape index (κ2) is 11.7. The number of hydrogen-bond donors (Lipinski definition) is 1. The van der Waals surface area contributed by atoms with E-state index in [9.17, 15) is 10.1 Å². The molecule has 7 nitrogen and oxygen atoms in total. The average molecular weight is 548 g/mol. The normalized spacial score (nSPS) is 11.3. The number of thiazole rings is 2. The zero-order valence-corrected chi connectivity index (χ0v) is 22.4. The van der Waals surface area contributed by atoms with Crippen molar-refractivity contribution in [1.82, 2.24) is 9.97 Å². The number of para-hydroxylation sites is 2. The van der Waals surface area contributed by atoms with E-state index in [0.29, 0.717) is 32.8 Å². The van der Waals surface area contributed by atoms with E-state index in [4.69, 9.17) is 15.0 Å². The predicted molar refractivity (Wildman–Crippen MR) is 153 cm³/mol. The van der Waals surface area contributed by atoms with Crippen molar-refractivity contribution in [3.63, 3.8) is 0 Å². The number of hydrogen-bond acceptors (Lipinski definition) is 9. The Bertz CT molecular complexity index is 1700. The first-order valence-corrected chi connectivity index (χ1v) is 13.6. The largest absolute Gasteiger partial charge is 0.495 e. The van der Waals surface area contributed by atoms with Crippen LogP contribution >= 0.6 is 22.7 Å². The molecule has 2 heterocycles. The molecular weight excluding hydrogens is 526 g/mol. The van der Waals surface area contributed by atoms with E-state index >= 15 is 0 Å². The Balaban J connectivity index is 1.42. The highest BCUT2D eigenvalue weighted by Gasteiger charge is 2.27. The molecule has 190 valence electrons. The van der Waals surface area contributed by atoms with Crippen LogP contribution in [0.25, 0.3) is 22.5 Å². The van der Waals surface area contributed by atoms with Crippen molar-refractivity contribution in [3.05, 3.63) is 99.7 Å². The number of ketones is 1. The van der Waals surface area contributed by atoms with Gasteiger partial charge < -0.3 is 10.1 Å². The second-order valence-electron chi connectivity index (χ2n) is 8.45. The molecule has 5 aromatic rings. The monoisotopic (exact) mass is 547 g/mol. The van der Waals surface area contributed by atoms with Crippen molar-refractivity contribution in [1.29, 1.82) is 10.5 Å². The van der Waals surface area contributed by atoms with Crippen molar-refractivity contribution in [2.45, 2.75) is 12.3 Å². The van der Waals surface area contributed by atoms with E-state index in [1.165, 1.54) is 22.7 Å². The Morgan fingerprint density at radius 1 is 0.974 bits per heavy atom. The number of carbonyl (C=O) groups is 1. The van der Waals surface area contributed by atoms with Crippen LogP contribution in [0.4, 0.5) is 10.8 Å². The van der Waals surface area contributed by atoms with Gasteiger partial charge in [-0.25, -0.2) is 9.97 Å². The first-order valence-electron chi connectivity index (χ1n) is 11.9. The van der Waals surface area contributed by atoms with Gasteiger partial charge in [-0.3, -0.25) is 4.79 Å². The lowest BCUT2D eigenvalue weighted by molar-refractivity contribution is -0.118. The molecule has 3 aromatic carbocycles. The summed E-state index contributed by atoms with van der Waals surface area (Å²) in [7, 11) is 1.61. The van der Waals surface area contributed by atoms with Gasteiger partial charge in [-0.15, -0.1) is 22.7 Å². The molecule has 0 saturated carbocycles. The number of aromatic nitrogens is 2. The summed E-state index contributed by atoms with van der Waals surface area (Å²) < 4.78 is 5.45. The van der Waals surface area contributed by atoms with Gasteiger partial charge >= 0.3 is 0 Å². The summed E-state index contributed by atoms with van der Waals surface area (Å²) in [6, 6.07) is 28.5. The van der Waals surface area contributed by atoms with Crippen molar-refractivity contribution in [2.24, 2.45) is 0 Å². The number of Topliss-reactive ketones (excluding diaryl/α,β-unsaturated/α-hetero) is 1. The van der Waals surface area contributed by atoms with Crippen molar-refractivity contribution in [2.75, 3.05) is 12.4 Å². The fourth-order valence-corrected chi connectivity index (χ4v) is 5.90. The molecule has 0 spiro atoms. The summed E-state index contributed by atoms with van der Waals surface area (Å²) >= 11 is 2.65. The quantitative estimate of drug-likeness (QED) is 0.212. The van der Waals surface area contributed by atoms with Gasteiger partial charge in [0.2, 0.25) is 0 Å². The molecule has 0 fully saturated rings. The van der Waals surface area contributed by atoms with E-state index < -0.39 is 5.92 Å². The maximum atomic E-state index is 13.5. The van der Waals surface area contributed by atoms with E-state index in [1.54, 1.807) is 31.4 Å². The summed E-state index contributed by atoms with van der Waals surface area (Å²) in [5.41, 5.74) is 4.38. The van der Waals surface area contributed by atoms with E-state index in [-0.39, 0.29) is 12.2 Å². The Hall–Kier alpha value is -4.83. The Morgan fingerprint density at radius 2 is 1.72 bits per heavy atom. The molecule has 0 aliphatic heterocycles. The van der Waals surface area contributed by atoms with Crippen LogP contribution in [0.2, 0.25) is 0 Å².